The summed E-state index contributed by atoms with van der Waals surface area (Å²) in [4.78, 5) is 12.6. The highest BCUT2D eigenvalue weighted by Crippen LogP contribution is 2.51. The van der Waals surface area contributed by atoms with Crippen LogP contribution >= 0.6 is 0 Å². The Kier molecular flexibility index (Phi) is 4.63. The number of aliphatic hydroxyl groups is 1. The van der Waals surface area contributed by atoms with Gasteiger partial charge in [-0.15, -0.1) is 0 Å². The van der Waals surface area contributed by atoms with E-state index in [0.717, 1.165) is 6.42 Å². The molecule has 4 atom stereocenters. The number of allylic oxidation sites excluding steroid dienone is 2. The summed E-state index contributed by atoms with van der Waals surface area (Å²) in [7, 11) is 0. The number of hydrogen-bond acceptors (Lipinski definition) is 3. The zero-order valence-corrected chi connectivity index (χ0v) is 15.5. The van der Waals surface area contributed by atoms with E-state index in [2.05, 4.69) is 32.1 Å². The molecule has 1 N–H and O–H groups in total. The SMILES string of the molecule is C[C@@H]1C=CC[C@]2(C)C1=C[C@H](C(C)(C)O)C[C@H]2OC(=O)c1ccccc1. The van der Waals surface area contributed by atoms with Crippen LogP contribution in [0.4, 0.5) is 0 Å². The van der Waals surface area contributed by atoms with Gasteiger partial charge in [0.25, 0.3) is 0 Å². The van der Waals surface area contributed by atoms with Gasteiger partial charge in [-0.05, 0) is 44.7 Å². The Balaban J connectivity index is 1.93. The minimum Gasteiger partial charge on any atom is -0.458 e. The van der Waals surface area contributed by atoms with Crippen molar-refractivity contribution in [1.29, 1.82) is 0 Å². The van der Waals surface area contributed by atoms with Crippen molar-refractivity contribution in [2.45, 2.75) is 52.2 Å². The van der Waals surface area contributed by atoms with E-state index in [1.54, 1.807) is 12.1 Å². The molecule has 2 aliphatic rings. The van der Waals surface area contributed by atoms with Gasteiger partial charge in [0.2, 0.25) is 0 Å². The van der Waals surface area contributed by atoms with Crippen molar-refractivity contribution in [3.8, 4) is 0 Å². The Bertz CT molecular complexity index is 696. The molecule has 134 valence electrons. The van der Waals surface area contributed by atoms with Crippen molar-refractivity contribution < 1.29 is 14.6 Å². The van der Waals surface area contributed by atoms with Crippen LogP contribution in [0.15, 0.2) is 54.1 Å². The normalized spacial score (nSPS) is 31.9. The van der Waals surface area contributed by atoms with Gasteiger partial charge in [-0.2, -0.15) is 0 Å². The van der Waals surface area contributed by atoms with Crippen LogP contribution in [-0.2, 0) is 4.74 Å². The maximum atomic E-state index is 12.6. The predicted molar refractivity (Wildman–Crippen MR) is 99.2 cm³/mol. The van der Waals surface area contributed by atoms with Crippen molar-refractivity contribution in [3.05, 3.63) is 59.7 Å². The molecule has 1 aromatic carbocycles. The first kappa shape index (κ1) is 17.9. The van der Waals surface area contributed by atoms with E-state index in [4.69, 9.17) is 4.74 Å². The summed E-state index contributed by atoms with van der Waals surface area (Å²) in [5.41, 5.74) is 0.799. The Morgan fingerprint density at radius 1 is 1.28 bits per heavy atom. The number of carbonyl (C=O) groups excluding carboxylic acids is 1. The third-order valence-electron chi connectivity index (χ3n) is 5.84. The molecule has 0 saturated carbocycles. The summed E-state index contributed by atoms with van der Waals surface area (Å²) in [5, 5.41) is 10.6. The summed E-state index contributed by atoms with van der Waals surface area (Å²) in [6.07, 6.45) is 7.87. The average molecular weight is 340 g/mol. The summed E-state index contributed by atoms with van der Waals surface area (Å²) < 4.78 is 6.00. The van der Waals surface area contributed by atoms with Gasteiger partial charge in [-0.3, -0.25) is 0 Å². The number of benzene rings is 1. The van der Waals surface area contributed by atoms with Gasteiger partial charge >= 0.3 is 5.97 Å². The van der Waals surface area contributed by atoms with Crippen molar-refractivity contribution in [2.75, 3.05) is 0 Å². The minimum absolute atomic E-state index is 0.0295. The fourth-order valence-corrected chi connectivity index (χ4v) is 4.14. The summed E-state index contributed by atoms with van der Waals surface area (Å²) >= 11 is 0. The van der Waals surface area contributed by atoms with E-state index in [0.29, 0.717) is 17.9 Å². The van der Waals surface area contributed by atoms with Gasteiger partial charge in [-0.25, -0.2) is 4.79 Å². The van der Waals surface area contributed by atoms with E-state index in [1.165, 1.54) is 5.57 Å². The van der Waals surface area contributed by atoms with Gasteiger partial charge in [0.15, 0.2) is 0 Å². The molecule has 0 heterocycles. The Morgan fingerprint density at radius 3 is 2.60 bits per heavy atom. The van der Waals surface area contributed by atoms with Crippen LogP contribution in [0.25, 0.3) is 0 Å². The number of hydrogen-bond donors (Lipinski definition) is 1. The summed E-state index contributed by atoms with van der Waals surface area (Å²) in [6.45, 7) is 8.01. The van der Waals surface area contributed by atoms with E-state index >= 15 is 0 Å². The smallest absolute Gasteiger partial charge is 0.338 e. The van der Waals surface area contributed by atoms with Gasteiger partial charge in [0.05, 0.1) is 11.2 Å². The fourth-order valence-electron chi connectivity index (χ4n) is 4.14. The van der Waals surface area contributed by atoms with Crippen LogP contribution in [0.3, 0.4) is 0 Å². The molecule has 0 aliphatic heterocycles. The van der Waals surface area contributed by atoms with Gasteiger partial charge in [0.1, 0.15) is 6.10 Å². The van der Waals surface area contributed by atoms with Crippen molar-refractivity contribution >= 4 is 5.97 Å². The second-order valence-electron chi connectivity index (χ2n) is 8.22. The van der Waals surface area contributed by atoms with Gasteiger partial charge in [0, 0.05) is 11.3 Å². The zero-order valence-electron chi connectivity index (χ0n) is 15.5. The topological polar surface area (TPSA) is 46.5 Å². The number of fused-ring (bicyclic) bond motifs is 1. The van der Waals surface area contributed by atoms with Crippen molar-refractivity contribution in [3.63, 3.8) is 0 Å². The van der Waals surface area contributed by atoms with Gasteiger partial charge in [-0.1, -0.05) is 55.8 Å². The standard InChI is InChI=1S/C22H28O3/c1-15-9-8-12-22(4)18(15)13-17(21(2,3)24)14-19(22)25-20(23)16-10-6-5-7-11-16/h5-11,13,15,17,19,24H,12,14H2,1-4H3/t15-,17+,19-,22-/m1/s1. The van der Waals surface area contributed by atoms with Crippen LogP contribution < -0.4 is 0 Å². The third kappa shape index (κ3) is 3.43. The van der Waals surface area contributed by atoms with Crippen LogP contribution in [0.1, 0.15) is 50.9 Å². The first-order valence-corrected chi connectivity index (χ1v) is 9.09. The maximum Gasteiger partial charge on any atom is 0.338 e. The van der Waals surface area contributed by atoms with E-state index in [1.807, 2.05) is 32.0 Å². The minimum atomic E-state index is -0.841. The lowest BCUT2D eigenvalue weighted by molar-refractivity contribution is -0.0458. The maximum absolute atomic E-state index is 12.6. The molecular weight excluding hydrogens is 312 g/mol. The van der Waals surface area contributed by atoms with Crippen LogP contribution in [0.5, 0.6) is 0 Å². The fraction of sp³-hybridized carbons (Fsp3) is 0.500. The lowest BCUT2D eigenvalue weighted by Gasteiger charge is -2.49. The molecule has 0 bridgehead atoms. The molecule has 2 aliphatic carbocycles. The summed E-state index contributed by atoms with van der Waals surface area (Å²) in [6, 6.07) is 9.13. The Hall–Kier alpha value is -1.87. The van der Waals surface area contributed by atoms with E-state index < -0.39 is 5.60 Å². The second-order valence-corrected chi connectivity index (χ2v) is 8.22. The molecule has 0 saturated heterocycles. The molecule has 3 heteroatoms. The van der Waals surface area contributed by atoms with Crippen LogP contribution in [0, 0.1) is 17.3 Å². The Labute approximate surface area is 150 Å². The lowest BCUT2D eigenvalue weighted by Crippen LogP contribution is -2.48. The molecule has 0 unspecified atom stereocenters. The summed E-state index contributed by atoms with van der Waals surface area (Å²) in [5.74, 6) is -0.0234. The zero-order chi connectivity index (χ0) is 18.2. The first-order valence-electron chi connectivity index (χ1n) is 9.09. The molecule has 0 fully saturated rings. The number of esters is 1. The van der Waals surface area contributed by atoms with Gasteiger partial charge < -0.3 is 9.84 Å². The third-order valence-corrected chi connectivity index (χ3v) is 5.84. The molecule has 0 radical (unpaired) electrons. The second kappa shape index (κ2) is 6.45. The number of rotatable bonds is 3. The molecule has 25 heavy (non-hydrogen) atoms. The molecule has 0 amide bonds. The van der Waals surface area contributed by atoms with E-state index in [9.17, 15) is 9.90 Å². The molecule has 3 nitrogen and oxygen atoms in total. The monoisotopic (exact) mass is 340 g/mol. The highest BCUT2D eigenvalue weighted by atomic mass is 16.5. The quantitative estimate of drug-likeness (QED) is 0.649. The lowest BCUT2D eigenvalue weighted by atomic mass is 9.60. The molecule has 3 rings (SSSR count). The first-order chi connectivity index (χ1) is 11.7. The highest BCUT2D eigenvalue weighted by Gasteiger charge is 2.48. The number of carbonyl (C=O) groups is 1. The molecular formula is C22H28O3. The van der Waals surface area contributed by atoms with E-state index in [-0.39, 0.29) is 23.4 Å². The molecule has 1 aromatic rings. The van der Waals surface area contributed by atoms with Crippen molar-refractivity contribution in [2.24, 2.45) is 17.3 Å². The van der Waals surface area contributed by atoms with Crippen molar-refractivity contribution in [1.82, 2.24) is 0 Å². The largest absolute Gasteiger partial charge is 0.458 e. The Morgan fingerprint density at radius 2 is 1.96 bits per heavy atom. The van der Waals surface area contributed by atoms with Crippen LogP contribution in [-0.4, -0.2) is 22.8 Å². The highest BCUT2D eigenvalue weighted by molar-refractivity contribution is 5.89. The average Bonchev–Trinajstić information content (AvgIpc) is 2.55. The number of ether oxygens (including phenoxy) is 1. The predicted octanol–water partition coefficient (Wildman–Crippen LogP) is 4.53. The van der Waals surface area contributed by atoms with Crippen LogP contribution in [0.2, 0.25) is 0 Å². The molecule has 0 aromatic heterocycles. The molecule has 0 spiro atoms.